The second-order valence-corrected chi connectivity index (χ2v) is 5.95. The number of piperidine rings is 1. The lowest BCUT2D eigenvalue weighted by atomic mass is 10.00. The Kier molecular flexibility index (Phi) is 2.57. The molecule has 104 valence electrons. The van der Waals surface area contributed by atoms with Crippen LogP contribution in [0.3, 0.4) is 0 Å². The third-order valence-electron chi connectivity index (χ3n) is 4.49. The molecule has 1 N–H and O–H groups in total. The van der Waals surface area contributed by atoms with Gasteiger partial charge in [0.2, 0.25) is 0 Å². The highest BCUT2D eigenvalue weighted by Gasteiger charge is 2.38. The summed E-state index contributed by atoms with van der Waals surface area (Å²) >= 11 is 0. The van der Waals surface area contributed by atoms with E-state index in [1.807, 2.05) is 35.9 Å². The molecule has 5 heteroatoms. The minimum Gasteiger partial charge on any atom is -0.348 e. The molecule has 0 spiro atoms. The number of carbonyl (C=O) groups excluding carboxylic acids is 1. The van der Waals surface area contributed by atoms with Crippen LogP contribution in [-0.4, -0.2) is 45.9 Å². The highest BCUT2D eigenvalue weighted by molar-refractivity contribution is 5.95. The van der Waals surface area contributed by atoms with Crippen LogP contribution < -0.4 is 5.32 Å². The van der Waals surface area contributed by atoms with Gasteiger partial charge in [-0.2, -0.15) is 0 Å². The molecule has 5 nitrogen and oxygen atoms in total. The summed E-state index contributed by atoms with van der Waals surface area (Å²) in [5.41, 5.74) is 2.48. The molecule has 4 heterocycles. The Balaban J connectivity index is 1.54. The Bertz CT molecular complexity index is 678. The topological polar surface area (TPSA) is 49.6 Å². The number of aromatic nitrogens is 2. The molecule has 2 bridgehead atoms. The quantitative estimate of drug-likeness (QED) is 0.888. The summed E-state index contributed by atoms with van der Waals surface area (Å²) in [5, 5.41) is 3.18. The van der Waals surface area contributed by atoms with Gasteiger partial charge in [-0.25, -0.2) is 4.98 Å². The van der Waals surface area contributed by atoms with E-state index >= 15 is 0 Å². The molecule has 4 rings (SSSR count). The number of aryl methyl sites for hydroxylation is 1. The van der Waals surface area contributed by atoms with Gasteiger partial charge in [0.1, 0.15) is 5.65 Å². The van der Waals surface area contributed by atoms with Gasteiger partial charge in [-0.3, -0.25) is 4.79 Å². The minimum absolute atomic E-state index is 0.0203. The van der Waals surface area contributed by atoms with E-state index in [2.05, 4.69) is 15.2 Å². The van der Waals surface area contributed by atoms with Crippen LogP contribution in [0.4, 0.5) is 0 Å². The van der Waals surface area contributed by atoms with Crippen molar-refractivity contribution < 1.29 is 4.79 Å². The van der Waals surface area contributed by atoms with Crippen LogP contribution in [0.5, 0.6) is 0 Å². The second-order valence-electron chi connectivity index (χ2n) is 5.95. The van der Waals surface area contributed by atoms with Crippen molar-refractivity contribution in [3.05, 3.63) is 35.8 Å². The molecule has 2 saturated heterocycles. The maximum Gasteiger partial charge on any atom is 0.251 e. The second kappa shape index (κ2) is 4.31. The van der Waals surface area contributed by atoms with Crippen molar-refractivity contribution in [1.82, 2.24) is 19.6 Å². The fourth-order valence-electron chi connectivity index (χ4n) is 3.45. The molecule has 2 aromatic heterocycles. The van der Waals surface area contributed by atoms with Gasteiger partial charge in [-0.15, -0.1) is 0 Å². The summed E-state index contributed by atoms with van der Waals surface area (Å²) in [6, 6.07) is 4.03. The number of carbonyl (C=O) groups is 1. The number of amides is 1. The van der Waals surface area contributed by atoms with Crippen LogP contribution >= 0.6 is 0 Å². The van der Waals surface area contributed by atoms with Crippen molar-refractivity contribution in [2.24, 2.45) is 5.92 Å². The number of pyridine rings is 1. The van der Waals surface area contributed by atoms with Crippen LogP contribution in [0, 0.1) is 12.8 Å². The number of nitrogens with zero attached hydrogens (tertiary/aromatic N) is 3. The highest BCUT2D eigenvalue weighted by Crippen LogP contribution is 2.27. The van der Waals surface area contributed by atoms with E-state index in [-0.39, 0.29) is 5.91 Å². The van der Waals surface area contributed by atoms with Crippen molar-refractivity contribution in [1.29, 1.82) is 0 Å². The predicted molar refractivity (Wildman–Crippen MR) is 75.7 cm³/mol. The number of fused-ring (bicyclic) bond motifs is 3. The van der Waals surface area contributed by atoms with Crippen LogP contribution in [0.2, 0.25) is 0 Å². The third-order valence-corrected chi connectivity index (χ3v) is 4.49. The Hall–Kier alpha value is -1.88. The molecule has 2 aromatic rings. The standard InChI is InChI=1S/C15H18N4O/c1-10-7-19-5-3-11(6-14(19)16-10)15(20)17-13-9-18-4-2-12(13)8-18/h3,5-7,12-13H,2,4,8-9H2,1H3,(H,17,20)/t12-,13?/m0/s1. The number of hydrogen-bond donors (Lipinski definition) is 1. The number of hydrogen-bond acceptors (Lipinski definition) is 3. The number of rotatable bonds is 2. The first-order valence-corrected chi connectivity index (χ1v) is 7.17. The molecule has 2 unspecified atom stereocenters. The summed E-state index contributed by atoms with van der Waals surface area (Å²) in [6.07, 6.45) is 5.07. The highest BCUT2D eigenvalue weighted by atomic mass is 16.1. The average Bonchev–Trinajstić information content (AvgIpc) is 3.10. The summed E-state index contributed by atoms with van der Waals surface area (Å²) < 4.78 is 1.94. The molecular formula is C15H18N4O. The maximum absolute atomic E-state index is 12.4. The minimum atomic E-state index is 0.0203. The molecule has 20 heavy (non-hydrogen) atoms. The molecule has 0 saturated carbocycles. The SMILES string of the molecule is Cc1cn2ccc(C(=O)NC3CN4CC[C@H]3C4)cc2n1. The first kappa shape index (κ1) is 11.9. The summed E-state index contributed by atoms with van der Waals surface area (Å²) in [6.45, 7) is 5.29. The van der Waals surface area contributed by atoms with E-state index in [1.165, 1.54) is 13.0 Å². The molecule has 1 amide bonds. The van der Waals surface area contributed by atoms with Crippen molar-refractivity contribution >= 4 is 11.6 Å². The van der Waals surface area contributed by atoms with Crippen LogP contribution in [0.15, 0.2) is 24.5 Å². The summed E-state index contributed by atoms with van der Waals surface area (Å²) in [4.78, 5) is 19.2. The van der Waals surface area contributed by atoms with Gasteiger partial charge in [0.05, 0.1) is 5.69 Å². The van der Waals surface area contributed by atoms with Crippen LogP contribution in [-0.2, 0) is 0 Å². The zero-order valence-electron chi connectivity index (χ0n) is 11.5. The Morgan fingerprint density at radius 2 is 2.35 bits per heavy atom. The van der Waals surface area contributed by atoms with Gasteiger partial charge in [-0.05, 0) is 37.9 Å². The van der Waals surface area contributed by atoms with E-state index < -0.39 is 0 Å². The Morgan fingerprint density at radius 3 is 3.10 bits per heavy atom. The third kappa shape index (κ3) is 1.89. The van der Waals surface area contributed by atoms with Crippen LogP contribution in [0.1, 0.15) is 22.5 Å². The van der Waals surface area contributed by atoms with E-state index in [1.54, 1.807) is 0 Å². The van der Waals surface area contributed by atoms with Gasteiger partial charge in [0, 0.05) is 37.1 Å². The van der Waals surface area contributed by atoms with Gasteiger partial charge in [0.25, 0.3) is 5.91 Å². The van der Waals surface area contributed by atoms with Crippen LogP contribution in [0.25, 0.3) is 5.65 Å². The lowest BCUT2D eigenvalue weighted by Gasteiger charge is -2.23. The van der Waals surface area contributed by atoms with Gasteiger partial charge >= 0.3 is 0 Å². The average molecular weight is 270 g/mol. The largest absolute Gasteiger partial charge is 0.348 e. The molecule has 3 atom stereocenters. The molecule has 0 aromatic carbocycles. The van der Waals surface area contributed by atoms with Crippen molar-refractivity contribution in [2.45, 2.75) is 19.4 Å². The lowest BCUT2D eigenvalue weighted by Crippen LogP contribution is -2.43. The first-order valence-electron chi connectivity index (χ1n) is 7.17. The maximum atomic E-state index is 12.4. The van der Waals surface area contributed by atoms with Crippen molar-refractivity contribution in [3.63, 3.8) is 0 Å². The summed E-state index contributed by atoms with van der Waals surface area (Å²) in [5.74, 6) is 0.656. The molecule has 2 aliphatic rings. The van der Waals surface area contributed by atoms with Gasteiger partial charge < -0.3 is 14.6 Å². The predicted octanol–water partition coefficient (Wildman–Crippen LogP) is 1.08. The van der Waals surface area contributed by atoms with E-state index in [4.69, 9.17) is 0 Å². The van der Waals surface area contributed by atoms with Gasteiger partial charge in [0.15, 0.2) is 0 Å². The summed E-state index contributed by atoms with van der Waals surface area (Å²) in [7, 11) is 0. The zero-order chi connectivity index (χ0) is 13.7. The smallest absolute Gasteiger partial charge is 0.251 e. The van der Waals surface area contributed by atoms with Gasteiger partial charge in [-0.1, -0.05) is 0 Å². The number of imidazole rings is 1. The normalized spacial score (nSPS) is 28.1. The lowest BCUT2D eigenvalue weighted by molar-refractivity contribution is 0.0924. The number of nitrogens with one attached hydrogen (secondary N) is 1. The van der Waals surface area contributed by atoms with Crippen molar-refractivity contribution in [2.75, 3.05) is 19.6 Å². The Morgan fingerprint density at radius 1 is 1.45 bits per heavy atom. The molecule has 0 radical (unpaired) electrons. The fraction of sp³-hybridized carbons (Fsp3) is 0.467. The molecule has 0 aliphatic carbocycles. The Labute approximate surface area is 117 Å². The van der Waals surface area contributed by atoms with E-state index in [9.17, 15) is 4.79 Å². The molecule has 2 aliphatic heterocycles. The van der Waals surface area contributed by atoms with E-state index in [0.29, 0.717) is 17.5 Å². The zero-order valence-corrected chi connectivity index (χ0v) is 11.5. The first-order chi connectivity index (χ1) is 9.69. The van der Waals surface area contributed by atoms with E-state index in [0.717, 1.165) is 24.4 Å². The molecule has 2 fully saturated rings. The molecular weight excluding hydrogens is 252 g/mol. The monoisotopic (exact) mass is 270 g/mol. The fourth-order valence-corrected chi connectivity index (χ4v) is 3.45. The van der Waals surface area contributed by atoms with Crippen molar-refractivity contribution in [3.8, 4) is 0 Å².